The molecule has 0 aliphatic carbocycles. The Kier molecular flexibility index (Phi) is 3.36. The van der Waals surface area contributed by atoms with Crippen molar-refractivity contribution in [3.05, 3.63) is 34.7 Å². The normalized spacial score (nSPS) is 10.7. The molecule has 0 atom stereocenters. The summed E-state index contributed by atoms with van der Waals surface area (Å²) in [5, 5.41) is 0.689. The van der Waals surface area contributed by atoms with Gasteiger partial charge in [-0.1, -0.05) is 0 Å². The summed E-state index contributed by atoms with van der Waals surface area (Å²) in [7, 11) is 1.54. The highest BCUT2D eigenvalue weighted by molar-refractivity contribution is 9.10. The summed E-state index contributed by atoms with van der Waals surface area (Å²) in [5.41, 5.74) is 0.707. The quantitative estimate of drug-likeness (QED) is 0.641. The molecule has 0 unspecified atom stereocenters. The molecular weight excluding hydrogens is 277 g/mol. The van der Waals surface area contributed by atoms with E-state index < -0.39 is 5.82 Å². The lowest BCUT2D eigenvalue weighted by Crippen LogP contribution is -1.98. The Labute approximate surface area is 100 Å². The van der Waals surface area contributed by atoms with Crippen LogP contribution in [0.5, 0.6) is 5.75 Å². The second-order valence-corrected chi connectivity index (χ2v) is 3.92. The second-order valence-electron chi connectivity index (χ2n) is 3.17. The maximum absolute atomic E-state index is 13.3. The number of fused-ring (bicyclic) bond motifs is 1. The molecular formula is C11H9BrFNO2. The van der Waals surface area contributed by atoms with Crippen molar-refractivity contribution in [3.8, 4) is 5.75 Å². The third-order valence-electron chi connectivity index (χ3n) is 2.04. The molecule has 2 rings (SSSR count). The van der Waals surface area contributed by atoms with Crippen LogP contribution in [0, 0.1) is 5.82 Å². The number of pyridine rings is 1. The Morgan fingerprint density at radius 1 is 1.38 bits per heavy atom. The molecule has 0 amide bonds. The minimum absolute atomic E-state index is 0.165. The van der Waals surface area contributed by atoms with Gasteiger partial charge < -0.3 is 9.47 Å². The molecule has 3 nitrogen and oxygen atoms in total. The van der Waals surface area contributed by atoms with Gasteiger partial charge in [-0.15, -0.1) is 0 Å². The average Bonchev–Trinajstić information content (AvgIpc) is 2.28. The minimum Gasteiger partial charge on any atom is -0.468 e. The van der Waals surface area contributed by atoms with E-state index in [-0.39, 0.29) is 11.4 Å². The molecule has 84 valence electrons. The number of methoxy groups -OCH3 is 1. The first-order chi connectivity index (χ1) is 7.70. The van der Waals surface area contributed by atoms with Gasteiger partial charge in [0.25, 0.3) is 0 Å². The third kappa shape index (κ3) is 2.31. The van der Waals surface area contributed by atoms with Gasteiger partial charge in [0.1, 0.15) is 10.4 Å². The number of aromatic nitrogens is 1. The van der Waals surface area contributed by atoms with Crippen molar-refractivity contribution in [2.45, 2.75) is 0 Å². The first kappa shape index (κ1) is 11.3. The van der Waals surface area contributed by atoms with Crippen molar-refractivity contribution >= 4 is 26.8 Å². The molecule has 0 radical (unpaired) electrons. The zero-order chi connectivity index (χ0) is 11.5. The van der Waals surface area contributed by atoms with Crippen LogP contribution in [0.25, 0.3) is 10.9 Å². The van der Waals surface area contributed by atoms with E-state index in [0.29, 0.717) is 16.7 Å². The fourth-order valence-corrected chi connectivity index (χ4v) is 1.63. The highest BCUT2D eigenvalue weighted by Crippen LogP contribution is 2.23. The smallest absolute Gasteiger partial charge is 0.188 e. The number of hydrogen-bond acceptors (Lipinski definition) is 3. The van der Waals surface area contributed by atoms with Crippen LogP contribution >= 0.6 is 15.9 Å². The number of ether oxygens (including phenoxy) is 2. The molecule has 0 fully saturated rings. The number of rotatable bonds is 3. The maximum atomic E-state index is 13.3. The van der Waals surface area contributed by atoms with Gasteiger partial charge >= 0.3 is 0 Å². The van der Waals surface area contributed by atoms with Gasteiger partial charge in [-0.3, -0.25) is 0 Å². The summed E-state index contributed by atoms with van der Waals surface area (Å²) in [5.74, 6) is 0.231. The van der Waals surface area contributed by atoms with Crippen LogP contribution in [0.15, 0.2) is 28.9 Å². The van der Waals surface area contributed by atoms with E-state index in [1.165, 1.54) is 6.07 Å². The van der Waals surface area contributed by atoms with E-state index in [2.05, 4.69) is 20.9 Å². The Morgan fingerprint density at radius 2 is 2.19 bits per heavy atom. The largest absolute Gasteiger partial charge is 0.468 e. The molecule has 1 aromatic carbocycles. The fraction of sp³-hybridized carbons (Fsp3) is 0.182. The van der Waals surface area contributed by atoms with Crippen molar-refractivity contribution in [1.82, 2.24) is 4.98 Å². The molecule has 16 heavy (non-hydrogen) atoms. The second kappa shape index (κ2) is 4.76. The summed E-state index contributed by atoms with van der Waals surface area (Å²) < 4.78 is 23.5. The van der Waals surface area contributed by atoms with E-state index in [4.69, 9.17) is 9.47 Å². The molecule has 0 saturated heterocycles. The van der Waals surface area contributed by atoms with E-state index in [0.717, 1.165) is 0 Å². The van der Waals surface area contributed by atoms with Crippen LogP contribution in [0.3, 0.4) is 0 Å². The van der Waals surface area contributed by atoms with Crippen molar-refractivity contribution < 1.29 is 13.9 Å². The highest BCUT2D eigenvalue weighted by Gasteiger charge is 2.04. The third-order valence-corrected chi connectivity index (χ3v) is 2.60. The SMILES string of the molecule is COCOc1ccc2nc(Br)c(F)cc2c1. The number of halogens is 2. The molecule has 2 aromatic rings. The molecule has 5 heteroatoms. The van der Waals surface area contributed by atoms with Crippen LogP contribution in [0.1, 0.15) is 0 Å². The van der Waals surface area contributed by atoms with Crippen LogP contribution in [-0.4, -0.2) is 18.9 Å². The van der Waals surface area contributed by atoms with Gasteiger partial charge in [-0.2, -0.15) is 0 Å². The van der Waals surface area contributed by atoms with Crippen molar-refractivity contribution in [2.24, 2.45) is 0 Å². The molecule has 0 bridgehead atoms. The Morgan fingerprint density at radius 3 is 2.94 bits per heavy atom. The molecule has 1 heterocycles. The van der Waals surface area contributed by atoms with Crippen LogP contribution in [0.4, 0.5) is 4.39 Å². The molecule has 0 saturated carbocycles. The lowest BCUT2D eigenvalue weighted by Gasteiger charge is -2.06. The molecule has 0 aliphatic rings. The molecule has 0 aliphatic heterocycles. The Balaban J connectivity index is 2.41. The van der Waals surface area contributed by atoms with Gasteiger partial charge in [0.2, 0.25) is 0 Å². The summed E-state index contributed by atoms with van der Waals surface area (Å²) in [4.78, 5) is 4.05. The fourth-order valence-electron chi connectivity index (χ4n) is 1.32. The Bertz CT molecular complexity index is 519. The van der Waals surface area contributed by atoms with Gasteiger partial charge in [-0.05, 0) is 40.2 Å². The van der Waals surface area contributed by atoms with Crippen LogP contribution in [0.2, 0.25) is 0 Å². The topological polar surface area (TPSA) is 31.4 Å². The van der Waals surface area contributed by atoms with E-state index >= 15 is 0 Å². The lowest BCUT2D eigenvalue weighted by molar-refractivity contribution is 0.0512. The molecule has 0 spiro atoms. The predicted molar refractivity (Wildman–Crippen MR) is 61.9 cm³/mol. The predicted octanol–water partition coefficient (Wildman–Crippen LogP) is 3.12. The summed E-state index contributed by atoms with van der Waals surface area (Å²) in [6.45, 7) is 0.165. The first-order valence-corrected chi connectivity index (χ1v) is 5.37. The minimum atomic E-state index is -0.392. The van der Waals surface area contributed by atoms with Gasteiger partial charge in [0, 0.05) is 12.5 Å². The van der Waals surface area contributed by atoms with Crippen LogP contribution in [-0.2, 0) is 4.74 Å². The van der Waals surface area contributed by atoms with Crippen molar-refractivity contribution in [2.75, 3.05) is 13.9 Å². The zero-order valence-electron chi connectivity index (χ0n) is 8.54. The summed E-state index contributed by atoms with van der Waals surface area (Å²) in [6, 6.07) is 6.66. The Hall–Kier alpha value is -1.20. The number of hydrogen-bond donors (Lipinski definition) is 0. The lowest BCUT2D eigenvalue weighted by atomic mass is 10.2. The van der Waals surface area contributed by atoms with Gasteiger partial charge in [-0.25, -0.2) is 9.37 Å². The first-order valence-electron chi connectivity index (χ1n) is 4.58. The van der Waals surface area contributed by atoms with Crippen LogP contribution < -0.4 is 4.74 Å². The standard InChI is InChI=1S/C11H9BrFNO2/c1-15-6-16-8-2-3-10-7(4-8)5-9(13)11(12)14-10/h2-5H,6H2,1H3. The number of nitrogens with zero attached hydrogens (tertiary/aromatic N) is 1. The molecule has 0 N–H and O–H groups in total. The maximum Gasteiger partial charge on any atom is 0.188 e. The molecule has 1 aromatic heterocycles. The number of benzene rings is 1. The average molecular weight is 286 g/mol. The van der Waals surface area contributed by atoms with E-state index in [1.54, 1.807) is 25.3 Å². The highest BCUT2D eigenvalue weighted by atomic mass is 79.9. The van der Waals surface area contributed by atoms with Gasteiger partial charge in [0.15, 0.2) is 12.6 Å². The van der Waals surface area contributed by atoms with E-state index in [1.807, 2.05) is 0 Å². The van der Waals surface area contributed by atoms with Gasteiger partial charge in [0.05, 0.1) is 5.52 Å². The monoisotopic (exact) mass is 285 g/mol. The van der Waals surface area contributed by atoms with E-state index in [9.17, 15) is 4.39 Å². The summed E-state index contributed by atoms with van der Waals surface area (Å²) in [6.07, 6.45) is 0. The zero-order valence-corrected chi connectivity index (χ0v) is 10.1. The van der Waals surface area contributed by atoms with Crippen molar-refractivity contribution in [3.63, 3.8) is 0 Å². The summed E-state index contributed by atoms with van der Waals surface area (Å²) >= 11 is 3.04. The van der Waals surface area contributed by atoms with Crippen molar-refractivity contribution in [1.29, 1.82) is 0 Å².